The summed E-state index contributed by atoms with van der Waals surface area (Å²) in [7, 11) is -2.47. The Morgan fingerprint density at radius 2 is 1.86 bits per heavy atom. The molecule has 0 atom stereocenters. The van der Waals surface area contributed by atoms with E-state index in [0.29, 0.717) is 23.8 Å². The predicted molar refractivity (Wildman–Crippen MR) is 108 cm³/mol. The van der Waals surface area contributed by atoms with Gasteiger partial charge in [0.25, 0.3) is 5.69 Å². The molecule has 28 heavy (non-hydrogen) atoms. The van der Waals surface area contributed by atoms with Crippen LogP contribution in [-0.4, -0.2) is 51.5 Å². The van der Waals surface area contributed by atoms with Crippen molar-refractivity contribution in [2.45, 2.75) is 11.4 Å². The topological polar surface area (TPSA) is 95.8 Å². The molecule has 0 radical (unpaired) electrons. The summed E-state index contributed by atoms with van der Waals surface area (Å²) in [4.78, 5) is 15.0. The normalized spacial score (nSPS) is 15.6. The summed E-state index contributed by atoms with van der Waals surface area (Å²) in [5, 5.41) is 12.2. The Labute approximate surface area is 168 Å². The molecule has 1 N–H and O–H groups in total. The van der Waals surface area contributed by atoms with Crippen molar-refractivity contribution < 1.29 is 13.3 Å². The number of benzene rings is 2. The largest absolute Gasteiger partial charge is 0.363 e. The van der Waals surface area contributed by atoms with Crippen molar-refractivity contribution >= 4 is 33.0 Å². The molecular formula is C18H21ClN4O4S. The van der Waals surface area contributed by atoms with E-state index in [9.17, 15) is 18.5 Å². The fourth-order valence-electron chi connectivity index (χ4n) is 3.24. The average Bonchev–Trinajstić information content (AvgIpc) is 2.68. The molecule has 3 rings (SSSR count). The van der Waals surface area contributed by atoms with Crippen LogP contribution >= 0.6 is 11.6 Å². The minimum atomic E-state index is -3.74. The standard InChI is InChI=1S/C18H21ClN4O4S/c1-20-28(26,27)16-5-6-17(18(12-16)23(24)25)22-9-7-21(8-10-22)13-14-3-2-4-15(19)11-14/h2-6,11-12,20H,7-10,13H2,1H3. The quantitative estimate of drug-likeness (QED) is 0.565. The van der Waals surface area contributed by atoms with E-state index < -0.39 is 14.9 Å². The van der Waals surface area contributed by atoms with Gasteiger partial charge in [-0.25, -0.2) is 13.1 Å². The van der Waals surface area contributed by atoms with Crippen LogP contribution in [0.25, 0.3) is 0 Å². The summed E-state index contributed by atoms with van der Waals surface area (Å²) >= 11 is 6.03. The number of nitro groups is 1. The maximum Gasteiger partial charge on any atom is 0.293 e. The van der Waals surface area contributed by atoms with Crippen LogP contribution in [-0.2, 0) is 16.6 Å². The highest BCUT2D eigenvalue weighted by molar-refractivity contribution is 7.89. The van der Waals surface area contributed by atoms with E-state index in [4.69, 9.17) is 11.6 Å². The molecule has 0 bridgehead atoms. The van der Waals surface area contributed by atoms with Crippen LogP contribution < -0.4 is 9.62 Å². The molecule has 10 heteroatoms. The van der Waals surface area contributed by atoms with Gasteiger partial charge in [0.05, 0.1) is 9.82 Å². The fraction of sp³-hybridized carbons (Fsp3) is 0.333. The summed E-state index contributed by atoms with van der Waals surface area (Å²) in [5.41, 5.74) is 1.34. The van der Waals surface area contributed by atoms with Gasteiger partial charge in [-0.2, -0.15) is 0 Å². The summed E-state index contributed by atoms with van der Waals surface area (Å²) in [6.07, 6.45) is 0. The van der Waals surface area contributed by atoms with Crippen molar-refractivity contribution in [3.05, 3.63) is 63.2 Å². The zero-order valence-corrected chi connectivity index (χ0v) is 16.9. The number of anilines is 1. The number of nitrogens with zero attached hydrogens (tertiary/aromatic N) is 3. The van der Waals surface area contributed by atoms with Crippen molar-refractivity contribution in [1.82, 2.24) is 9.62 Å². The molecule has 150 valence electrons. The summed E-state index contributed by atoms with van der Waals surface area (Å²) in [6, 6.07) is 11.7. The number of hydrogen-bond donors (Lipinski definition) is 1. The van der Waals surface area contributed by atoms with Gasteiger partial charge in [-0.1, -0.05) is 23.7 Å². The SMILES string of the molecule is CNS(=O)(=O)c1ccc(N2CCN(Cc3cccc(Cl)c3)CC2)c([N+](=O)[O-])c1. The second-order valence-electron chi connectivity index (χ2n) is 6.51. The summed E-state index contributed by atoms with van der Waals surface area (Å²) in [5.74, 6) is 0. The second-order valence-corrected chi connectivity index (χ2v) is 8.83. The van der Waals surface area contributed by atoms with Crippen molar-refractivity contribution in [2.24, 2.45) is 0 Å². The van der Waals surface area contributed by atoms with E-state index in [1.807, 2.05) is 29.2 Å². The zero-order chi connectivity index (χ0) is 20.3. The smallest absolute Gasteiger partial charge is 0.293 e. The van der Waals surface area contributed by atoms with Gasteiger partial charge in [0.15, 0.2) is 0 Å². The van der Waals surface area contributed by atoms with Crippen LogP contribution in [0.1, 0.15) is 5.56 Å². The third kappa shape index (κ3) is 4.61. The molecule has 8 nitrogen and oxygen atoms in total. The lowest BCUT2D eigenvalue weighted by molar-refractivity contribution is -0.384. The lowest BCUT2D eigenvalue weighted by Crippen LogP contribution is -2.46. The van der Waals surface area contributed by atoms with Gasteiger partial charge < -0.3 is 4.90 Å². The number of rotatable bonds is 6. The Morgan fingerprint density at radius 1 is 1.14 bits per heavy atom. The van der Waals surface area contributed by atoms with Crippen molar-refractivity contribution in [3.8, 4) is 0 Å². The second kappa shape index (κ2) is 8.44. The highest BCUT2D eigenvalue weighted by atomic mass is 35.5. The molecule has 0 unspecified atom stereocenters. The van der Waals surface area contributed by atoms with Gasteiger partial charge in [0.2, 0.25) is 10.0 Å². The number of hydrogen-bond acceptors (Lipinski definition) is 6. The molecule has 0 aromatic heterocycles. The van der Waals surface area contributed by atoms with E-state index in [0.717, 1.165) is 31.3 Å². The first-order valence-corrected chi connectivity index (χ1v) is 10.6. The Kier molecular flexibility index (Phi) is 6.19. The van der Waals surface area contributed by atoms with E-state index in [1.54, 1.807) is 0 Å². The Bertz CT molecular complexity index is 975. The third-order valence-corrected chi connectivity index (χ3v) is 6.38. The van der Waals surface area contributed by atoms with Crippen LogP contribution in [0.3, 0.4) is 0 Å². The Morgan fingerprint density at radius 3 is 2.46 bits per heavy atom. The molecule has 0 saturated carbocycles. The molecule has 1 aliphatic rings. The lowest BCUT2D eigenvalue weighted by atomic mass is 10.1. The van der Waals surface area contributed by atoms with E-state index in [2.05, 4.69) is 9.62 Å². The number of piperazine rings is 1. The first kappa shape index (κ1) is 20.5. The van der Waals surface area contributed by atoms with Gasteiger partial charge in [0, 0.05) is 43.8 Å². The lowest BCUT2D eigenvalue weighted by Gasteiger charge is -2.35. The summed E-state index contributed by atoms with van der Waals surface area (Å²) < 4.78 is 26.1. The molecule has 0 spiro atoms. The van der Waals surface area contributed by atoms with Crippen LogP contribution in [0.2, 0.25) is 5.02 Å². The molecular weight excluding hydrogens is 404 g/mol. The first-order valence-electron chi connectivity index (χ1n) is 8.74. The van der Waals surface area contributed by atoms with Gasteiger partial charge in [-0.05, 0) is 36.9 Å². The van der Waals surface area contributed by atoms with Gasteiger partial charge in [-0.3, -0.25) is 15.0 Å². The van der Waals surface area contributed by atoms with Crippen LogP contribution in [0.5, 0.6) is 0 Å². The van der Waals surface area contributed by atoms with E-state index >= 15 is 0 Å². The molecule has 1 saturated heterocycles. The highest BCUT2D eigenvalue weighted by Gasteiger charge is 2.26. The average molecular weight is 425 g/mol. The number of halogens is 1. The number of nitro benzene ring substituents is 1. The zero-order valence-electron chi connectivity index (χ0n) is 15.3. The van der Waals surface area contributed by atoms with Crippen LogP contribution in [0, 0.1) is 10.1 Å². The Balaban J connectivity index is 1.74. The highest BCUT2D eigenvalue weighted by Crippen LogP contribution is 2.31. The summed E-state index contributed by atoms with van der Waals surface area (Å²) in [6.45, 7) is 3.45. The fourth-order valence-corrected chi connectivity index (χ4v) is 4.20. The minimum Gasteiger partial charge on any atom is -0.363 e. The predicted octanol–water partition coefficient (Wildman–Crippen LogP) is 2.48. The van der Waals surface area contributed by atoms with Gasteiger partial charge >= 0.3 is 0 Å². The molecule has 1 heterocycles. The maximum absolute atomic E-state index is 11.9. The molecule has 0 amide bonds. The third-order valence-electron chi connectivity index (χ3n) is 4.73. The van der Waals surface area contributed by atoms with E-state index in [1.165, 1.54) is 19.2 Å². The number of sulfonamides is 1. The van der Waals surface area contributed by atoms with Crippen molar-refractivity contribution in [2.75, 3.05) is 38.1 Å². The molecule has 2 aromatic rings. The van der Waals surface area contributed by atoms with Crippen molar-refractivity contribution in [1.29, 1.82) is 0 Å². The molecule has 1 aliphatic heterocycles. The van der Waals surface area contributed by atoms with Crippen LogP contribution in [0.4, 0.5) is 11.4 Å². The number of nitrogens with one attached hydrogen (secondary N) is 1. The maximum atomic E-state index is 11.9. The molecule has 2 aromatic carbocycles. The molecule has 1 fully saturated rings. The van der Waals surface area contributed by atoms with Crippen molar-refractivity contribution in [3.63, 3.8) is 0 Å². The van der Waals surface area contributed by atoms with Gasteiger partial charge in [0.1, 0.15) is 5.69 Å². The van der Waals surface area contributed by atoms with Crippen LogP contribution in [0.15, 0.2) is 47.4 Å². The molecule has 0 aliphatic carbocycles. The Hall–Kier alpha value is -2.20. The van der Waals surface area contributed by atoms with Gasteiger partial charge in [-0.15, -0.1) is 0 Å². The van der Waals surface area contributed by atoms with E-state index in [-0.39, 0.29) is 10.6 Å². The minimum absolute atomic E-state index is 0.120. The first-order chi connectivity index (χ1) is 13.3. The monoisotopic (exact) mass is 424 g/mol.